The number of ether oxygens (including phenoxy) is 5. The fourth-order valence-electron chi connectivity index (χ4n) is 2.34. The van der Waals surface area contributed by atoms with E-state index in [1.807, 2.05) is 0 Å². The number of methoxy groups -OCH3 is 4. The standard InChI is InChI=1S/C22H22O7/c1-25-17-11-16(12-18(14-17)26-2)7-10-22(24)29-19-8-5-15(13-20(19)27-3)6-9-21(23)28-4/h5-14H,1-4H3/b9-6+,10-7+. The Bertz CT molecular complexity index is 907. The van der Waals surface area contributed by atoms with Gasteiger partial charge >= 0.3 is 11.9 Å². The molecular weight excluding hydrogens is 376 g/mol. The van der Waals surface area contributed by atoms with Crippen molar-refractivity contribution >= 4 is 24.1 Å². The number of esters is 2. The van der Waals surface area contributed by atoms with E-state index in [0.717, 1.165) is 0 Å². The van der Waals surface area contributed by atoms with Crippen molar-refractivity contribution in [2.45, 2.75) is 0 Å². The summed E-state index contributed by atoms with van der Waals surface area (Å²) in [6, 6.07) is 10.2. The second-order valence-corrected chi connectivity index (χ2v) is 5.67. The van der Waals surface area contributed by atoms with Gasteiger partial charge in [-0.2, -0.15) is 0 Å². The number of benzene rings is 2. The van der Waals surface area contributed by atoms with Gasteiger partial charge in [0, 0.05) is 18.2 Å². The van der Waals surface area contributed by atoms with Crippen LogP contribution in [0.3, 0.4) is 0 Å². The zero-order valence-electron chi connectivity index (χ0n) is 16.6. The number of carbonyl (C=O) groups excluding carboxylic acids is 2. The van der Waals surface area contributed by atoms with Crippen LogP contribution >= 0.6 is 0 Å². The first-order chi connectivity index (χ1) is 14.0. The molecule has 29 heavy (non-hydrogen) atoms. The van der Waals surface area contributed by atoms with Crippen molar-refractivity contribution in [2.24, 2.45) is 0 Å². The summed E-state index contributed by atoms with van der Waals surface area (Å²) < 4.78 is 25.6. The zero-order valence-corrected chi connectivity index (χ0v) is 16.6. The van der Waals surface area contributed by atoms with Crippen molar-refractivity contribution in [3.05, 3.63) is 59.7 Å². The number of carbonyl (C=O) groups is 2. The Morgan fingerprint density at radius 2 is 1.31 bits per heavy atom. The maximum absolute atomic E-state index is 12.2. The Balaban J connectivity index is 2.13. The predicted octanol–water partition coefficient (Wildman–Crippen LogP) is 3.52. The van der Waals surface area contributed by atoms with Crippen LogP contribution in [0.1, 0.15) is 11.1 Å². The monoisotopic (exact) mass is 398 g/mol. The molecule has 0 saturated heterocycles. The van der Waals surface area contributed by atoms with Crippen LogP contribution in [0.5, 0.6) is 23.0 Å². The molecule has 0 fully saturated rings. The Hall–Kier alpha value is -3.74. The van der Waals surface area contributed by atoms with Crippen LogP contribution < -0.4 is 18.9 Å². The van der Waals surface area contributed by atoms with Crippen LogP contribution in [0.25, 0.3) is 12.2 Å². The maximum Gasteiger partial charge on any atom is 0.336 e. The predicted molar refractivity (Wildman–Crippen MR) is 108 cm³/mol. The van der Waals surface area contributed by atoms with Crippen LogP contribution in [-0.4, -0.2) is 40.4 Å². The van der Waals surface area contributed by atoms with Crippen LogP contribution in [0.2, 0.25) is 0 Å². The second kappa shape index (κ2) is 10.6. The fourth-order valence-corrected chi connectivity index (χ4v) is 2.34. The molecule has 7 nitrogen and oxygen atoms in total. The fraction of sp³-hybridized carbons (Fsp3) is 0.182. The normalized spacial score (nSPS) is 10.8. The van der Waals surface area contributed by atoms with E-state index in [1.165, 1.54) is 26.4 Å². The second-order valence-electron chi connectivity index (χ2n) is 5.67. The molecule has 0 radical (unpaired) electrons. The first kappa shape index (κ1) is 21.6. The average Bonchev–Trinajstić information content (AvgIpc) is 2.76. The lowest BCUT2D eigenvalue weighted by molar-refractivity contribution is -0.134. The lowest BCUT2D eigenvalue weighted by Crippen LogP contribution is -2.05. The van der Waals surface area contributed by atoms with E-state index < -0.39 is 11.9 Å². The summed E-state index contributed by atoms with van der Waals surface area (Å²) in [7, 11) is 5.85. The highest BCUT2D eigenvalue weighted by molar-refractivity contribution is 5.89. The van der Waals surface area contributed by atoms with E-state index in [0.29, 0.717) is 28.4 Å². The molecule has 0 aliphatic heterocycles. The average molecular weight is 398 g/mol. The van der Waals surface area contributed by atoms with Gasteiger partial charge in [0.25, 0.3) is 0 Å². The van der Waals surface area contributed by atoms with E-state index in [2.05, 4.69) is 4.74 Å². The minimum Gasteiger partial charge on any atom is -0.497 e. The minimum absolute atomic E-state index is 0.251. The molecule has 0 saturated carbocycles. The SMILES string of the molecule is COC(=O)/C=C/c1ccc(OC(=O)/C=C/c2cc(OC)cc(OC)c2)c(OC)c1. The number of hydrogen-bond acceptors (Lipinski definition) is 7. The maximum atomic E-state index is 12.2. The van der Waals surface area contributed by atoms with Crippen molar-refractivity contribution < 1.29 is 33.3 Å². The summed E-state index contributed by atoms with van der Waals surface area (Å²) in [4.78, 5) is 23.4. The topological polar surface area (TPSA) is 80.3 Å². The molecule has 0 atom stereocenters. The zero-order chi connectivity index (χ0) is 21.2. The third kappa shape index (κ3) is 6.42. The van der Waals surface area contributed by atoms with Crippen LogP contribution in [0.15, 0.2) is 48.6 Å². The quantitative estimate of drug-likeness (QED) is 0.382. The molecule has 0 aromatic heterocycles. The summed E-state index contributed by atoms with van der Waals surface area (Å²) in [5, 5.41) is 0. The highest BCUT2D eigenvalue weighted by Gasteiger charge is 2.09. The molecule has 152 valence electrons. The summed E-state index contributed by atoms with van der Waals surface area (Å²) in [6.45, 7) is 0. The van der Waals surface area contributed by atoms with Gasteiger partial charge in [0.2, 0.25) is 0 Å². The van der Waals surface area contributed by atoms with E-state index in [1.54, 1.807) is 62.8 Å². The van der Waals surface area contributed by atoms with Gasteiger partial charge in [-0.25, -0.2) is 9.59 Å². The molecule has 0 bridgehead atoms. The van der Waals surface area contributed by atoms with Gasteiger partial charge in [-0.15, -0.1) is 0 Å². The van der Waals surface area contributed by atoms with E-state index in [9.17, 15) is 9.59 Å². The first-order valence-electron chi connectivity index (χ1n) is 8.56. The molecule has 2 rings (SSSR count). The molecule has 0 aliphatic rings. The summed E-state index contributed by atoms with van der Waals surface area (Å²) in [6.07, 6.45) is 5.73. The van der Waals surface area contributed by atoms with Gasteiger partial charge in [-0.3, -0.25) is 0 Å². The molecule has 0 spiro atoms. The minimum atomic E-state index is -0.581. The Kier molecular flexibility index (Phi) is 7.85. The third-order valence-electron chi connectivity index (χ3n) is 3.80. The van der Waals surface area contributed by atoms with Gasteiger partial charge in [0.15, 0.2) is 11.5 Å². The molecule has 0 N–H and O–H groups in total. The molecule has 2 aromatic rings. The van der Waals surface area contributed by atoms with Crippen molar-refractivity contribution in [2.75, 3.05) is 28.4 Å². The van der Waals surface area contributed by atoms with Crippen molar-refractivity contribution in [3.8, 4) is 23.0 Å². The van der Waals surface area contributed by atoms with Crippen LogP contribution in [-0.2, 0) is 14.3 Å². The highest BCUT2D eigenvalue weighted by atomic mass is 16.6. The van der Waals surface area contributed by atoms with Gasteiger partial charge < -0.3 is 23.7 Å². The molecular formula is C22H22O7. The van der Waals surface area contributed by atoms with Crippen molar-refractivity contribution in [3.63, 3.8) is 0 Å². The molecule has 2 aromatic carbocycles. The highest BCUT2D eigenvalue weighted by Crippen LogP contribution is 2.29. The molecule has 0 unspecified atom stereocenters. The third-order valence-corrected chi connectivity index (χ3v) is 3.80. The van der Waals surface area contributed by atoms with E-state index >= 15 is 0 Å². The van der Waals surface area contributed by atoms with Crippen molar-refractivity contribution in [1.29, 1.82) is 0 Å². The van der Waals surface area contributed by atoms with Crippen molar-refractivity contribution in [1.82, 2.24) is 0 Å². The van der Waals surface area contributed by atoms with Crippen LogP contribution in [0, 0.1) is 0 Å². The molecule has 0 heterocycles. The Labute approximate surface area is 169 Å². The van der Waals surface area contributed by atoms with Gasteiger partial charge in [-0.05, 0) is 47.5 Å². The first-order valence-corrected chi connectivity index (χ1v) is 8.56. The van der Waals surface area contributed by atoms with Crippen LogP contribution in [0.4, 0.5) is 0 Å². The lowest BCUT2D eigenvalue weighted by atomic mass is 10.2. The smallest absolute Gasteiger partial charge is 0.336 e. The number of hydrogen-bond donors (Lipinski definition) is 0. The van der Waals surface area contributed by atoms with Gasteiger partial charge in [0.1, 0.15) is 11.5 Å². The summed E-state index contributed by atoms with van der Waals surface area (Å²) in [5.41, 5.74) is 1.40. The summed E-state index contributed by atoms with van der Waals surface area (Å²) >= 11 is 0. The number of rotatable bonds is 8. The summed E-state index contributed by atoms with van der Waals surface area (Å²) in [5.74, 6) is 0.758. The van der Waals surface area contributed by atoms with Gasteiger partial charge in [0.05, 0.1) is 28.4 Å². The van der Waals surface area contributed by atoms with E-state index in [-0.39, 0.29) is 5.75 Å². The molecule has 0 amide bonds. The largest absolute Gasteiger partial charge is 0.497 e. The van der Waals surface area contributed by atoms with E-state index in [4.69, 9.17) is 18.9 Å². The molecule has 7 heteroatoms. The lowest BCUT2D eigenvalue weighted by Gasteiger charge is -2.09. The Morgan fingerprint density at radius 1 is 0.690 bits per heavy atom. The Morgan fingerprint density at radius 3 is 1.90 bits per heavy atom. The molecule has 0 aliphatic carbocycles. The van der Waals surface area contributed by atoms with Gasteiger partial charge in [-0.1, -0.05) is 6.07 Å².